The van der Waals surface area contributed by atoms with Gasteiger partial charge in [-0.15, -0.1) is 6.58 Å². The molecule has 4 heteroatoms. The predicted octanol–water partition coefficient (Wildman–Crippen LogP) is 7.62. The number of nitrogens with one attached hydrogen (secondary N) is 2. The summed E-state index contributed by atoms with van der Waals surface area (Å²) in [6, 6.07) is 27.7. The highest BCUT2D eigenvalue weighted by atomic mass is 15.2. The van der Waals surface area contributed by atoms with E-state index in [1.165, 1.54) is 11.1 Å². The number of nitrogens with zero attached hydrogens (tertiary/aromatic N) is 2. The smallest absolute Gasteiger partial charge is 0.0763 e. The van der Waals surface area contributed by atoms with Gasteiger partial charge in [0.2, 0.25) is 0 Å². The van der Waals surface area contributed by atoms with Crippen LogP contribution < -0.4 is 10.6 Å². The first kappa shape index (κ1) is 25.2. The van der Waals surface area contributed by atoms with Crippen LogP contribution in [-0.4, -0.2) is 18.0 Å². The number of hydrogen-bond acceptors (Lipinski definition) is 4. The van der Waals surface area contributed by atoms with Gasteiger partial charge < -0.3 is 10.6 Å². The fourth-order valence-electron chi connectivity index (χ4n) is 4.29. The Morgan fingerprint density at radius 3 is 2.03 bits per heavy atom. The molecule has 2 N–H and O–H groups in total. The van der Waals surface area contributed by atoms with Crippen molar-refractivity contribution >= 4 is 22.8 Å². The molecule has 0 saturated carbocycles. The van der Waals surface area contributed by atoms with Crippen molar-refractivity contribution in [1.82, 2.24) is 5.32 Å². The highest BCUT2D eigenvalue weighted by Gasteiger charge is 2.18. The molecule has 0 radical (unpaired) electrons. The summed E-state index contributed by atoms with van der Waals surface area (Å²) in [6.07, 6.45) is 1.70. The number of benzene rings is 3. The van der Waals surface area contributed by atoms with Gasteiger partial charge in [-0.1, -0.05) is 92.7 Å². The molecule has 184 valence electrons. The van der Waals surface area contributed by atoms with Crippen LogP contribution in [0.1, 0.15) is 61.9 Å². The SMILES string of the molecule is C=C(C)CCNC(=C)c1ccc(C(Nc2ccc(C3=NN=C(c4ccccc4)C3)cc2)C(C)C)cc1. The van der Waals surface area contributed by atoms with E-state index in [2.05, 4.69) is 109 Å². The Bertz CT molecular complexity index is 1250. The van der Waals surface area contributed by atoms with Crippen molar-refractivity contribution in [3.05, 3.63) is 120 Å². The van der Waals surface area contributed by atoms with Crippen LogP contribution in [0.2, 0.25) is 0 Å². The first-order valence-electron chi connectivity index (χ1n) is 12.6. The molecule has 1 atom stereocenters. The highest BCUT2D eigenvalue weighted by Crippen LogP contribution is 2.28. The molecular formula is C32H36N4. The van der Waals surface area contributed by atoms with Crippen molar-refractivity contribution < 1.29 is 0 Å². The topological polar surface area (TPSA) is 48.8 Å². The Morgan fingerprint density at radius 2 is 1.44 bits per heavy atom. The lowest BCUT2D eigenvalue weighted by atomic mass is 9.94. The minimum Gasteiger partial charge on any atom is -0.385 e. The summed E-state index contributed by atoms with van der Waals surface area (Å²) in [5, 5.41) is 16.0. The van der Waals surface area contributed by atoms with E-state index < -0.39 is 0 Å². The van der Waals surface area contributed by atoms with Crippen molar-refractivity contribution in [2.75, 3.05) is 11.9 Å². The van der Waals surface area contributed by atoms with E-state index in [1.807, 2.05) is 25.1 Å². The van der Waals surface area contributed by atoms with Gasteiger partial charge >= 0.3 is 0 Å². The van der Waals surface area contributed by atoms with Crippen LogP contribution in [-0.2, 0) is 0 Å². The molecule has 0 spiro atoms. The van der Waals surface area contributed by atoms with E-state index in [4.69, 9.17) is 0 Å². The Kier molecular flexibility index (Phi) is 8.17. The second kappa shape index (κ2) is 11.7. The molecule has 0 amide bonds. The normalized spacial score (nSPS) is 13.7. The van der Waals surface area contributed by atoms with Gasteiger partial charge in [0, 0.05) is 24.4 Å². The molecule has 1 unspecified atom stereocenters. The van der Waals surface area contributed by atoms with Crippen LogP contribution in [0, 0.1) is 5.92 Å². The van der Waals surface area contributed by atoms with Crippen LogP contribution in [0.15, 0.2) is 108 Å². The van der Waals surface area contributed by atoms with E-state index in [1.54, 1.807) is 0 Å². The van der Waals surface area contributed by atoms with Gasteiger partial charge in [-0.25, -0.2) is 0 Å². The molecule has 36 heavy (non-hydrogen) atoms. The number of rotatable bonds is 11. The quantitative estimate of drug-likeness (QED) is 0.280. The van der Waals surface area contributed by atoms with Crippen molar-refractivity contribution in [2.45, 2.75) is 39.7 Å². The maximum atomic E-state index is 4.45. The van der Waals surface area contributed by atoms with Gasteiger partial charge in [-0.2, -0.15) is 10.2 Å². The molecule has 1 aliphatic rings. The van der Waals surface area contributed by atoms with Gasteiger partial charge in [-0.3, -0.25) is 0 Å². The molecule has 0 saturated heterocycles. The molecule has 0 aliphatic carbocycles. The average molecular weight is 477 g/mol. The lowest BCUT2D eigenvalue weighted by molar-refractivity contribution is 0.546. The summed E-state index contributed by atoms with van der Waals surface area (Å²) >= 11 is 0. The summed E-state index contributed by atoms with van der Waals surface area (Å²) in [5.41, 5.74) is 9.85. The molecule has 3 aromatic carbocycles. The van der Waals surface area contributed by atoms with E-state index >= 15 is 0 Å². The Hall–Kier alpha value is -3.92. The lowest BCUT2D eigenvalue weighted by Gasteiger charge is -2.25. The molecule has 0 bridgehead atoms. The van der Waals surface area contributed by atoms with Gasteiger partial charge in [0.1, 0.15) is 0 Å². The van der Waals surface area contributed by atoms with Gasteiger partial charge in [0.25, 0.3) is 0 Å². The average Bonchev–Trinajstić information content (AvgIpc) is 3.38. The molecule has 0 fully saturated rings. The fraction of sp³-hybridized carbons (Fsp3) is 0.250. The Morgan fingerprint density at radius 1 is 0.833 bits per heavy atom. The van der Waals surface area contributed by atoms with Gasteiger partial charge in [0.05, 0.1) is 17.5 Å². The predicted molar refractivity (Wildman–Crippen MR) is 155 cm³/mol. The Balaban J connectivity index is 1.38. The molecule has 0 aromatic heterocycles. The standard InChI is InChI=1S/C32H36N4/c1-22(2)19-20-33-24(5)25-11-13-28(14-12-25)32(23(3)4)34-29-17-15-27(16-18-29)31-21-30(35-36-31)26-9-7-6-8-10-26/h6-18,23,32-34H,1,5,19-21H2,2-4H3. The van der Waals surface area contributed by atoms with Crippen molar-refractivity contribution in [3.8, 4) is 0 Å². The van der Waals surface area contributed by atoms with E-state index in [0.717, 1.165) is 58.9 Å². The van der Waals surface area contributed by atoms with Crippen LogP contribution in [0.3, 0.4) is 0 Å². The third-order valence-corrected chi connectivity index (χ3v) is 6.45. The van der Waals surface area contributed by atoms with Gasteiger partial charge in [-0.05, 0) is 53.6 Å². The van der Waals surface area contributed by atoms with Crippen LogP contribution >= 0.6 is 0 Å². The number of anilines is 1. The minimum absolute atomic E-state index is 0.200. The zero-order valence-corrected chi connectivity index (χ0v) is 21.6. The highest BCUT2D eigenvalue weighted by molar-refractivity contribution is 6.20. The third kappa shape index (κ3) is 6.39. The van der Waals surface area contributed by atoms with E-state index in [0.29, 0.717) is 5.92 Å². The van der Waals surface area contributed by atoms with Crippen molar-refractivity contribution in [2.24, 2.45) is 16.1 Å². The molecule has 1 aliphatic heterocycles. The lowest BCUT2D eigenvalue weighted by Crippen LogP contribution is -2.17. The summed E-state index contributed by atoms with van der Waals surface area (Å²) < 4.78 is 0. The van der Waals surface area contributed by atoms with Crippen LogP contribution in [0.4, 0.5) is 5.69 Å². The van der Waals surface area contributed by atoms with E-state index in [-0.39, 0.29) is 6.04 Å². The number of hydrogen-bond donors (Lipinski definition) is 2. The molecule has 4 nitrogen and oxygen atoms in total. The molecule has 1 heterocycles. The molecule has 3 aromatic rings. The third-order valence-electron chi connectivity index (χ3n) is 6.45. The minimum atomic E-state index is 0.200. The summed E-state index contributed by atoms with van der Waals surface area (Å²) in [5.74, 6) is 0.424. The van der Waals surface area contributed by atoms with Crippen LogP contribution in [0.25, 0.3) is 5.70 Å². The maximum Gasteiger partial charge on any atom is 0.0763 e. The summed E-state index contributed by atoms with van der Waals surface area (Å²) in [7, 11) is 0. The zero-order chi connectivity index (χ0) is 25.5. The second-order valence-electron chi connectivity index (χ2n) is 9.81. The van der Waals surface area contributed by atoms with Crippen molar-refractivity contribution in [1.29, 1.82) is 0 Å². The van der Waals surface area contributed by atoms with Crippen LogP contribution in [0.5, 0.6) is 0 Å². The van der Waals surface area contributed by atoms with E-state index in [9.17, 15) is 0 Å². The van der Waals surface area contributed by atoms with Gasteiger partial charge in [0.15, 0.2) is 0 Å². The Labute approximate surface area is 215 Å². The maximum absolute atomic E-state index is 4.45. The fourth-order valence-corrected chi connectivity index (χ4v) is 4.29. The molecular weight excluding hydrogens is 440 g/mol. The zero-order valence-electron chi connectivity index (χ0n) is 21.6. The largest absolute Gasteiger partial charge is 0.385 e. The summed E-state index contributed by atoms with van der Waals surface area (Å²) in [6.45, 7) is 15.5. The first-order valence-corrected chi connectivity index (χ1v) is 12.6. The van der Waals surface area contributed by atoms with Crippen molar-refractivity contribution in [3.63, 3.8) is 0 Å². The molecule has 4 rings (SSSR count). The summed E-state index contributed by atoms with van der Waals surface area (Å²) in [4.78, 5) is 0. The second-order valence-corrected chi connectivity index (χ2v) is 9.81. The first-order chi connectivity index (χ1) is 17.4. The monoisotopic (exact) mass is 476 g/mol.